The van der Waals surface area contributed by atoms with Gasteiger partial charge in [0.05, 0.1) is 29.9 Å². The van der Waals surface area contributed by atoms with Crippen LogP contribution >= 0.6 is 22.6 Å². The fourth-order valence-electron chi connectivity index (χ4n) is 6.70. The molecule has 0 heterocycles. The molecule has 10 heteroatoms. The van der Waals surface area contributed by atoms with Crippen LogP contribution in [0.3, 0.4) is 0 Å². The number of ether oxygens (including phenoxy) is 2. The van der Waals surface area contributed by atoms with Crippen molar-refractivity contribution in [3.05, 3.63) is 32.9 Å². The molecule has 1 saturated carbocycles. The number of aliphatic hydroxyl groups is 3. The summed E-state index contributed by atoms with van der Waals surface area (Å²) < 4.78 is 12.7. The van der Waals surface area contributed by atoms with Gasteiger partial charge in [0.2, 0.25) is 11.8 Å². The van der Waals surface area contributed by atoms with Crippen LogP contribution in [0.15, 0.2) is 23.8 Å². The van der Waals surface area contributed by atoms with E-state index in [4.69, 9.17) is 9.47 Å². The topological polar surface area (TPSA) is 129 Å². The Morgan fingerprint density at radius 2 is 1.67 bits per heavy atom. The van der Waals surface area contributed by atoms with Crippen molar-refractivity contribution in [1.29, 1.82) is 0 Å². The van der Waals surface area contributed by atoms with Gasteiger partial charge in [-0.1, -0.05) is 77.6 Å². The van der Waals surface area contributed by atoms with Crippen molar-refractivity contribution in [3.8, 4) is 11.5 Å². The lowest BCUT2D eigenvalue weighted by Crippen LogP contribution is -2.56. The summed E-state index contributed by atoms with van der Waals surface area (Å²) >= 11 is 2.11. The molecule has 1 aromatic carbocycles. The van der Waals surface area contributed by atoms with Crippen LogP contribution in [-0.2, 0) is 16.2 Å². The number of rotatable bonds is 20. The van der Waals surface area contributed by atoms with Crippen LogP contribution in [0.5, 0.6) is 11.5 Å². The molecule has 9 nitrogen and oxygen atoms in total. The zero-order valence-corrected chi connectivity index (χ0v) is 30.1. The lowest BCUT2D eigenvalue weighted by atomic mass is 9.85. The standard InChI is InChI=1S/C36H57IN2O7/c1-3-4-5-6-7-8-9-10-14-17-33(42)39(24-26-15-12-11-13-16-26)30-22-28(36(44)38-18-19-40)23-31(34(30)43)46-35-29(37)20-27(25-41)21-32(35)45-2/h20-21,23,26,30-31,34,40-41,43H,3-19,22,24-25H2,1-2H3,(H,38,44)/t30-,31+,34+/m1/s1. The Labute approximate surface area is 289 Å². The summed E-state index contributed by atoms with van der Waals surface area (Å²) in [5, 5.41) is 33.6. The molecule has 3 atom stereocenters. The van der Waals surface area contributed by atoms with Gasteiger partial charge < -0.3 is 35.0 Å². The van der Waals surface area contributed by atoms with E-state index in [1.54, 1.807) is 18.2 Å². The molecular formula is C36H57IN2O7. The van der Waals surface area contributed by atoms with Crippen LogP contribution in [0, 0.1) is 9.49 Å². The number of methoxy groups -OCH3 is 1. The molecule has 0 saturated heterocycles. The number of carbonyl (C=O) groups is 2. The van der Waals surface area contributed by atoms with Crippen molar-refractivity contribution in [3.63, 3.8) is 0 Å². The highest BCUT2D eigenvalue weighted by atomic mass is 127. The molecular weight excluding hydrogens is 699 g/mol. The number of benzene rings is 1. The van der Waals surface area contributed by atoms with Crippen LogP contribution in [0.4, 0.5) is 0 Å². The Morgan fingerprint density at radius 1 is 1.00 bits per heavy atom. The first-order valence-corrected chi connectivity index (χ1v) is 18.6. The SMILES string of the molecule is CCCCCCCCCCCC(=O)N(CC1CCCCC1)[C@@H]1CC(C(=O)NCCO)=C[C@H](Oc2c(I)cc(CO)cc2OC)[C@H]1O. The molecule has 0 radical (unpaired) electrons. The van der Waals surface area contributed by atoms with Gasteiger partial charge in [-0.25, -0.2) is 0 Å². The second-order valence-electron chi connectivity index (χ2n) is 12.9. The van der Waals surface area contributed by atoms with Gasteiger partial charge in [0, 0.05) is 31.5 Å². The molecule has 4 N–H and O–H groups in total. The average Bonchev–Trinajstić information content (AvgIpc) is 3.07. The number of carbonyl (C=O) groups excluding carboxylic acids is 2. The van der Waals surface area contributed by atoms with E-state index in [1.807, 2.05) is 4.90 Å². The highest BCUT2D eigenvalue weighted by Gasteiger charge is 2.41. The number of amides is 2. The maximum atomic E-state index is 14.0. The van der Waals surface area contributed by atoms with Crippen molar-refractivity contribution >= 4 is 34.4 Å². The summed E-state index contributed by atoms with van der Waals surface area (Å²) in [5.41, 5.74) is 1.08. The number of hydrogen-bond acceptors (Lipinski definition) is 7. The number of halogens is 1. The highest BCUT2D eigenvalue weighted by Crippen LogP contribution is 2.38. The Balaban J connectivity index is 1.82. The minimum absolute atomic E-state index is 0.0211. The smallest absolute Gasteiger partial charge is 0.247 e. The van der Waals surface area contributed by atoms with Gasteiger partial charge in [-0.3, -0.25) is 9.59 Å². The van der Waals surface area contributed by atoms with Gasteiger partial charge in [-0.15, -0.1) is 0 Å². The second-order valence-corrected chi connectivity index (χ2v) is 14.1. The van der Waals surface area contributed by atoms with E-state index < -0.39 is 18.2 Å². The molecule has 1 aromatic rings. The van der Waals surface area contributed by atoms with Crippen LogP contribution in [-0.4, -0.2) is 77.1 Å². The number of nitrogens with zero attached hydrogens (tertiary/aromatic N) is 1. The maximum Gasteiger partial charge on any atom is 0.247 e. The summed E-state index contributed by atoms with van der Waals surface area (Å²) in [7, 11) is 1.51. The van der Waals surface area contributed by atoms with Crippen molar-refractivity contribution < 1.29 is 34.4 Å². The van der Waals surface area contributed by atoms with E-state index in [-0.39, 0.29) is 38.0 Å². The molecule has 260 valence electrons. The first-order valence-electron chi connectivity index (χ1n) is 17.5. The molecule has 0 unspecified atom stereocenters. The molecule has 0 aromatic heterocycles. The highest BCUT2D eigenvalue weighted by molar-refractivity contribution is 14.1. The summed E-state index contributed by atoms with van der Waals surface area (Å²) in [6.07, 6.45) is 16.3. The monoisotopic (exact) mass is 756 g/mol. The van der Waals surface area contributed by atoms with Gasteiger partial charge in [-0.2, -0.15) is 0 Å². The first-order chi connectivity index (χ1) is 22.3. The minimum atomic E-state index is -1.08. The Bertz CT molecular complexity index is 1110. The summed E-state index contributed by atoms with van der Waals surface area (Å²) in [5.74, 6) is 0.840. The first kappa shape index (κ1) is 38.6. The molecule has 0 bridgehead atoms. The predicted molar refractivity (Wildman–Crippen MR) is 189 cm³/mol. The third-order valence-corrected chi connectivity index (χ3v) is 10.1. The molecule has 3 rings (SSSR count). The fourth-order valence-corrected chi connectivity index (χ4v) is 7.49. The van der Waals surface area contributed by atoms with Crippen LogP contribution in [0.2, 0.25) is 0 Å². The van der Waals surface area contributed by atoms with E-state index in [9.17, 15) is 24.9 Å². The van der Waals surface area contributed by atoms with Crippen molar-refractivity contribution in [1.82, 2.24) is 10.2 Å². The third kappa shape index (κ3) is 12.0. The van der Waals surface area contributed by atoms with Gasteiger partial charge in [0.25, 0.3) is 0 Å². The molecule has 1 fully saturated rings. The normalized spacial score (nSPS) is 20.2. The largest absolute Gasteiger partial charge is 0.493 e. The Morgan fingerprint density at radius 3 is 2.30 bits per heavy atom. The lowest BCUT2D eigenvalue weighted by molar-refractivity contribution is -0.140. The van der Waals surface area contributed by atoms with E-state index in [2.05, 4.69) is 34.8 Å². The Hall–Kier alpha value is -1.89. The molecule has 2 aliphatic carbocycles. The van der Waals surface area contributed by atoms with Crippen LogP contribution in [0.25, 0.3) is 0 Å². The number of hydrogen-bond donors (Lipinski definition) is 4. The molecule has 46 heavy (non-hydrogen) atoms. The van der Waals surface area contributed by atoms with Crippen molar-refractivity contribution in [2.24, 2.45) is 5.92 Å². The lowest BCUT2D eigenvalue weighted by Gasteiger charge is -2.42. The molecule has 0 aliphatic heterocycles. The zero-order chi connectivity index (χ0) is 33.3. The van der Waals surface area contributed by atoms with E-state index in [0.29, 0.717) is 45.1 Å². The zero-order valence-electron chi connectivity index (χ0n) is 28.0. The van der Waals surface area contributed by atoms with Gasteiger partial charge in [0.1, 0.15) is 12.2 Å². The second kappa shape index (κ2) is 21.2. The number of unbranched alkanes of at least 4 members (excludes halogenated alkanes) is 8. The summed E-state index contributed by atoms with van der Waals surface area (Å²) in [4.78, 5) is 29.1. The van der Waals surface area contributed by atoms with Gasteiger partial charge in [-0.05, 0) is 71.5 Å². The summed E-state index contributed by atoms with van der Waals surface area (Å²) in [6.45, 7) is 2.54. The summed E-state index contributed by atoms with van der Waals surface area (Å²) in [6, 6.07) is 2.83. The molecule has 2 amide bonds. The van der Waals surface area contributed by atoms with E-state index in [1.165, 1.54) is 52.1 Å². The van der Waals surface area contributed by atoms with E-state index in [0.717, 1.165) is 44.9 Å². The maximum absolute atomic E-state index is 14.0. The minimum Gasteiger partial charge on any atom is -0.493 e. The van der Waals surface area contributed by atoms with Crippen molar-refractivity contribution in [2.75, 3.05) is 26.8 Å². The van der Waals surface area contributed by atoms with E-state index >= 15 is 0 Å². The quantitative estimate of drug-likeness (QED) is 0.0945. The third-order valence-electron chi connectivity index (χ3n) is 9.33. The van der Waals surface area contributed by atoms with Crippen LogP contribution in [0.1, 0.15) is 115 Å². The predicted octanol–water partition coefficient (Wildman–Crippen LogP) is 6.04. The van der Waals surface area contributed by atoms with Gasteiger partial charge in [0.15, 0.2) is 11.5 Å². The number of aliphatic hydroxyl groups excluding tert-OH is 3. The number of nitrogens with one attached hydrogen (secondary N) is 1. The van der Waals surface area contributed by atoms with Crippen molar-refractivity contribution in [2.45, 2.75) is 135 Å². The van der Waals surface area contributed by atoms with Crippen LogP contribution < -0.4 is 14.8 Å². The Kier molecular flexibility index (Phi) is 17.7. The average molecular weight is 757 g/mol. The molecule has 0 spiro atoms. The molecule has 2 aliphatic rings. The fraction of sp³-hybridized carbons (Fsp3) is 0.722. The van der Waals surface area contributed by atoms with Gasteiger partial charge >= 0.3 is 0 Å².